The molecule has 0 aliphatic carbocycles. The van der Waals surface area contributed by atoms with E-state index in [1.54, 1.807) is 0 Å². The Labute approximate surface area is 117 Å². The molecule has 2 aromatic carbocycles. The third kappa shape index (κ3) is 3.20. The highest BCUT2D eigenvalue weighted by molar-refractivity contribution is 5.27. The molecule has 0 aromatic heterocycles. The molecule has 2 aromatic rings. The van der Waals surface area contributed by atoms with Gasteiger partial charge in [-0.25, -0.2) is 22.0 Å². The second-order valence-electron chi connectivity index (χ2n) is 4.43. The molecular weight excluding hydrogens is 291 g/mol. The van der Waals surface area contributed by atoms with E-state index in [4.69, 9.17) is 5.84 Å². The van der Waals surface area contributed by atoms with Gasteiger partial charge >= 0.3 is 0 Å². The molecule has 0 spiro atoms. The van der Waals surface area contributed by atoms with Gasteiger partial charge in [-0.05, 0) is 35.7 Å². The first-order valence-electron chi connectivity index (χ1n) is 5.97. The standard InChI is InChI=1S/C14H11F5N2/c15-9-3-1-2-7(13(9)18)6-12(21-20)8-4-10(16)14(19)11(17)5-8/h1-5,12,21H,6,20H2. The van der Waals surface area contributed by atoms with Crippen molar-refractivity contribution in [2.75, 3.05) is 0 Å². The molecular formula is C14H11F5N2. The molecule has 7 heteroatoms. The minimum atomic E-state index is -1.61. The van der Waals surface area contributed by atoms with Crippen LogP contribution in [-0.2, 0) is 6.42 Å². The van der Waals surface area contributed by atoms with Gasteiger partial charge in [0.2, 0.25) is 0 Å². The van der Waals surface area contributed by atoms with Crippen LogP contribution in [0.15, 0.2) is 30.3 Å². The lowest BCUT2D eigenvalue weighted by atomic mass is 9.98. The van der Waals surface area contributed by atoms with Crippen LogP contribution in [0.4, 0.5) is 22.0 Å². The van der Waals surface area contributed by atoms with Gasteiger partial charge in [0.25, 0.3) is 0 Å². The molecule has 0 amide bonds. The highest BCUT2D eigenvalue weighted by atomic mass is 19.2. The van der Waals surface area contributed by atoms with Crippen molar-refractivity contribution in [1.82, 2.24) is 5.43 Å². The van der Waals surface area contributed by atoms with E-state index in [9.17, 15) is 22.0 Å². The quantitative estimate of drug-likeness (QED) is 0.394. The fourth-order valence-corrected chi connectivity index (χ4v) is 1.98. The minimum absolute atomic E-state index is 0.0161. The molecule has 0 fully saturated rings. The van der Waals surface area contributed by atoms with Crippen LogP contribution in [0.2, 0.25) is 0 Å². The smallest absolute Gasteiger partial charge is 0.194 e. The van der Waals surface area contributed by atoms with Crippen molar-refractivity contribution in [2.24, 2.45) is 5.84 Å². The number of nitrogens with two attached hydrogens (primary N) is 1. The molecule has 0 aliphatic heterocycles. The number of rotatable bonds is 4. The molecule has 0 bridgehead atoms. The average molecular weight is 302 g/mol. The summed E-state index contributed by atoms with van der Waals surface area (Å²) in [5.74, 6) is -1.21. The number of hydrogen-bond donors (Lipinski definition) is 2. The normalized spacial score (nSPS) is 12.5. The zero-order valence-electron chi connectivity index (χ0n) is 10.6. The number of benzene rings is 2. The van der Waals surface area contributed by atoms with Gasteiger partial charge in [0.1, 0.15) is 0 Å². The molecule has 0 radical (unpaired) electrons. The van der Waals surface area contributed by atoms with E-state index in [1.807, 2.05) is 0 Å². The molecule has 1 atom stereocenters. The molecule has 0 saturated carbocycles. The van der Waals surface area contributed by atoms with Crippen molar-refractivity contribution in [3.8, 4) is 0 Å². The number of halogens is 5. The Morgan fingerprint density at radius 3 is 2.10 bits per heavy atom. The van der Waals surface area contributed by atoms with Crippen LogP contribution < -0.4 is 11.3 Å². The van der Waals surface area contributed by atoms with E-state index in [2.05, 4.69) is 5.43 Å². The SMILES string of the molecule is NNC(Cc1cccc(F)c1F)c1cc(F)c(F)c(F)c1. The summed E-state index contributed by atoms with van der Waals surface area (Å²) < 4.78 is 66.0. The Bertz CT molecular complexity index is 637. The predicted molar refractivity (Wildman–Crippen MR) is 66.4 cm³/mol. The van der Waals surface area contributed by atoms with Gasteiger partial charge in [-0.2, -0.15) is 0 Å². The molecule has 112 valence electrons. The van der Waals surface area contributed by atoms with Gasteiger partial charge in [-0.3, -0.25) is 11.3 Å². The van der Waals surface area contributed by atoms with Crippen molar-refractivity contribution in [1.29, 1.82) is 0 Å². The van der Waals surface area contributed by atoms with E-state index in [0.29, 0.717) is 0 Å². The summed E-state index contributed by atoms with van der Waals surface area (Å²) in [5.41, 5.74) is 2.20. The summed E-state index contributed by atoms with van der Waals surface area (Å²) >= 11 is 0. The lowest BCUT2D eigenvalue weighted by Gasteiger charge is -2.17. The van der Waals surface area contributed by atoms with Crippen LogP contribution in [0, 0.1) is 29.1 Å². The maximum Gasteiger partial charge on any atom is 0.194 e. The average Bonchev–Trinajstić information content (AvgIpc) is 2.46. The van der Waals surface area contributed by atoms with Gasteiger partial charge in [-0.1, -0.05) is 12.1 Å². The molecule has 3 N–H and O–H groups in total. The molecule has 0 saturated heterocycles. The van der Waals surface area contributed by atoms with Crippen LogP contribution in [-0.4, -0.2) is 0 Å². The van der Waals surface area contributed by atoms with Crippen molar-refractivity contribution in [3.63, 3.8) is 0 Å². The topological polar surface area (TPSA) is 38.0 Å². The summed E-state index contributed by atoms with van der Waals surface area (Å²) in [6.45, 7) is 0. The van der Waals surface area contributed by atoms with E-state index >= 15 is 0 Å². The maximum atomic E-state index is 13.6. The van der Waals surface area contributed by atoms with Crippen LogP contribution in [0.25, 0.3) is 0 Å². The largest absolute Gasteiger partial charge is 0.271 e. The third-order valence-corrected chi connectivity index (χ3v) is 3.07. The second-order valence-corrected chi connectivity index (χ2v) is 4.43. The van der Waals surface area contributed by atoms with Crippen molar-refractivity contribution >= 4 is 0 Å². The van der Waals surface area contributed by atoms with Gasteiger partial charge in [0.15, 0.2) is 29.1 Å². The van der Waals surface area contributed by atoms with E-state index < -0.39 is 35.1 Å². The monoisotopic (exact) mass is 302 g/mol. The predicted octanol–water partition coefficient (Wildman–Crippen LogP) is 3.13. The lowest BCUT2D eigenvalue weighted by molar-refractivity contribution is 0.437. The number of hydrogen-bond acceptors (Lipinski definition) is 2. The lowest BCUT2D eigenvalue weighted by Crippen LogP contribution is -2.30. The number of nitrogens with one attached hydrogen (secondary N) is 1. The van der Waals surface area contributed by atoms with Gasteiger partial charge in [0, 0.05) is 0 Å². The van der Waals surface area contributed by atoms with Crippen molar-refractivity contribution < 1.29 is 22.0 Å². The first kappa shape index (κ1) is 15.4. The highest BCUT2D eigenvalue weighted by Gasteiger charge is 2.19. The van der Waals surface area contributed by atoms with Crippen LogP contribution >= 0.6 is 0 Å². The maximum absolute atomic E-state index is 13.6. The molecule has 1 unspecified atom stereocenters. The highest BCUT2D eigenvalue weighted by Crippen LogP contribution is 2.23. The molecule has 0 aliphatic rings. The fourth-order valence-electron chi connectivity index (χ4n) is 1.98. The Morgan fingerprint density at radius 1 is 0.905 bits per heavy atom. The van der Waals surface area contributed by atoms with Crippen molar-refractivity contribution in [2.45, 2.75) is 12.5 Å². The first-order valence-corrected chi connectivity index (χ1v) is 5.97. The molecule has 2 nitrogen and oxygen atoms in total. The zero-order valence-corrected chi connectivity index (χ0v) is 10.6. The summed E-state index contributed by atoms with van der Waals surface area (Å²) in [4.78, 5) is 0. The Balaban J connectivity index is 2.34. The van der Waals surface area contributed by atoms with Gasteiger partial charge in [0.05, 0.1) is 6.04 Å². The van der Waals surface area contributed by atoms with Crippen molar-refractivity contribution in [3.05, 3.63) is 70.5 Å². The molecule has 2 rings (SSSR count). The third-order valence-electron chi connectivity index (χ3n) is 3.07. The van der Waals surface area contributed by atoms with Crippen LogP contribution in [0.5, 0.6) is 0 Å². The van der Waals surface area contributed by atoms with E-state index in [0.717, 1.165) is 18.2 Å². The van der Waals surface area contributed by atoms with E-state index in [1.165, 1.54) is 12.1 Å². The fraction of sp³-hybridized carbons (Fsp3) is 0.143. The van der Waals surface area contributed by atoms with E-state index in [-0.39, 0.29) is 17.5 Å². The Kier molecular flexibility index (Phi) is 4.54. The zero-order chi connectivity index (χ0) is 15.6. The minimum Gasteiger partial charge on any atom is -0.271 e. The van der Waals surface area contributed by atoms with Gasteiger partial charge in [-0.15, -0.1) is 0 Å². The Morgan fingerprint density at radius 2 is 1.52 bits per heavy atom. The molecule has 0 heterocycles. The summed E-state index contributed by atoms with van der Waals surface area (Å²) in [7, 11) is 0. The first-order chi connectivity index (χ1) is 9.93. The van der Waals surface area contributed by atoms with Gasteiger partial charge < -0.3 is 0 Å². The van der Waals surface area contributed by atoms with Crippen LogP contribution in [0.3, 0.4) is 0 Å². The Hall–Kier alpha value is -1.99. The second kappa shape index (κ2) is 6.19. The molecule has 21 heavy (non-hydrogen) atoms. The summed E-state index contributed by atoms with van der Waals surface area (Å²) in [6.07, 6.45) is -0.162. The van der Waals surface area contributed by atoms with Crippen LogP contribution in [0.1, 0.15) is 17.2 Å². The number of hydrazine groups is 1. The summed E-state index contributed by atoms with van der Waals surface area (Å²) in [6, 6.07) is 4.15. The summed E-state index contributed by atoms with van der Waals surface area (Å²) in [5, 5.41) is 0.